The summed E-state index contributed by atoms with van der Waals surface area (Å²) in [5, 5.41) is 0.745. The van der Waals surface area contributed by atoms with Crippen molar-refractivity contribution < 1.29 is 4.55 Å². The summed E-state index contributed by atoms with van der Waals surface area (Å²) in [6.45, 7) is 5.86. The topological polar surface area (TPSA) is 48.0 Å². The molecule has 1 aromatic rings. The lowest BCUT2D eigenvalue weighted by molar-refractivity contribution is 0.222. The van der Waals surface area contributed by atoms with Crippen LogP contribution in [-0.4, -0.2) is 14.3 Å². The van der Waals surface area contributed by atoms with E-state index in [1.807, 2.05) is 20.8 Å². The summed E-state index contributed by atoms with van der Waals surface area (Å²) >= 11 is 10.8. The van der Waals surface area contributed by atoms with E-state index in [4.69, 9.17) is 23.2 Å². The minimum atomic E-state index is -1.13. The number of aromatic nitrogens is 1. The molecule has 0 aromatic carbocycles. The second kappa shape index (κ2) is 5.41. The Morgan fingerprint density at radius 1 is 1.26 bits per heavy atom. The van der Waals surface area contributed by atoms with E-state index in [1.165, 1.54) is 0 Å². The maximum Gasteiger partial charge on any atom is 0.136 e. The Hall–Kier alpha value is -0.0000000000000000555. The van der Waals surface area contributed by atoms with Crippen LogP contribution in [0.15, 0.2) is 12.1 Å². The lowest BCUT2D eigenvalue weighted by Gasteiger charge is -2.44. The van der Waals surface area contributed by atoms with Crippen LogP contribution in [0.4, 0.5) is 0 Å². The van der Waals surface area contributed by atoms with Gasteiger partial charge in [0.05, 0.1) is 5.54 Å². The minimum Gasteiger partial charge on any atom is -0.598 e. The molecule has 0 spiro atoms. The van der Waals surface area contributed by atoms with Crippen LogP contribution in [0.2, 0.25) is 10.3 Å². The largest absolute Gasteiger partial charge is 0.598 e. The third kappa shape index (κ3) is 3.37. The van der Waals surface area contributed by atoms with Crippen LogP contribution in [0.25, 0.3) is 0 Å². The highest BCUT2D eigenvalue weighted by Gasteiger charge is 2.45. The number of pyridine rings is 1. The fourth-order valence-corrected chi connectivity index (χ4v) is 3.50. The van der Waals surface area contributed by atoms with Gasteiger partial charge < -0.3 is 4.55 Å². The van der Waals surface area contributed by atoms with Gasteiger partial charge in [-0.2, -0.15) is 0 Å². The normalized spacial score (nSPS) is 19.9. The standard InChI is InChI=1S/C13H18Cl2N2OS/c1-12(2,3)19(18)17-13(5-4-6-13)9-7-10(14)16-11(15)8-9/h7-8,17H,4-6H2,1-3H3. The Kier molecular flexibility index (Phi) is 4.38. The highest BCUT2D eigenvalue weighted by molar-refractivity contribution is 7.90. The van der Waals surface area contributed by atoms with Crippen LogP contribution in [0.3, 0.4) is 0 Å². The van der Waals surface area contributed by atoms with E-state index >= 15 is 0 Å². The molecule has 1 heterocycles. The molecule has 0 radical (unpaired) electrons. The van der Waals surface area contributed by atoms with E-state index in [1.54, 1.807) is 12.1 Å². The van der Waals surface area contributed by atoms with Gasteiger partial charge in [0, 0.05) is 11.4 Å². The Labute approximate surface area is 127 Å². The molecule has 19 heavy (non-hydrogen) atoms. The highest BCUT2D eigenvalue weighted by atomic mass is 35.5. The molecule has 3 nitrogen and oxygen atoms in total. The molecule has 6 heteroatoms. The van der Waals surface area contributed by atoms with Crippen molar-refractivity contribution in [2.24, 2.45) is 0 Å². The van der Waals surface area contributed by atoms with Crippen LogP contribution in [0.1, 0.15) is 45.6 Å². The molecule has 1 N–H and O–H groups in total. The maximum atomic E-state index is 12.3. The Balaban J connectivity index is 2.27. The molecule has 1 aliphatic rings. The summed E-state index contributed by atoms with van der Waals surface area (Å²) in [5.74, 6) is 0. The third-order valence-corrected chi connectivity index (χ3v) is 5.44. The molecule has 1 atom stereocenters. The average Bonchev–Trinajstić information content (AvgIpc) is 2.19. The fraction of sp³-hybridized carbons (Fsp3) is 0.615. The Morgan fingerprint density at radius 3 is 2.16 bits per heavy atom. The van der Waals surface area contributed by atoms with Crippen LogP contribution >= 0.6 is 23.2 Å². The smallest absolute Gasteiger partial charge is 0.136 e. The Morgan fingerprint density at radius 2 is 1.79 bits per heavy atom. The van der Waals surface area contributed by atoms with E-state index < -0.39 is 11.4 Å². The molecule has 1 aliphatic carbocycles. The van der Waals surface area contributed by atoms with Crippen molar-refractivity contribution >= 4 is 34.6 Å². The molecule has 0 amide bonds. The summed E-state index contributed by atoms with van der Waals surface area (Å²) in [6, 6.07) is 3.61. The fourth-order valence-electron chi connectivity index (χ4n) is 2.05. The van der Waals surface area contributed by atoms with Gasteiger partial charge in [-0.15, -0.1) is 4.72 Å². The van der Waals surface area contributed by atoms with E-state index in [9.17, 15) is 4.55 Å². The first kappa shape index (κ1) is 15.4. The predicted molar refractivity (Wildman–Crippen MR) is 80.8 cm³/mol. The first-order chi connectivity index (χ1) is 8.73. The molecule has 0 aliphatic heterocycles. The number of hydrogen-bond acceptors (Lipinski definition) is 3. The summed E-state index contributed by atoms with van der Waals surface area (Å²) < 4.78 is 15.3. The lowest BCUT2D eigenvalue weighted by Crippen LogP contribution is -2.54. The molecule has 2 rings (SSSR count). The van der Waals surface area contributed by atoms with Gasteiger partial charge in [-0.05, 0) is 57.7 Å². The molecular weight excluding hydrogens is 303 g/mol. The zero-order valence-corrected chi connectivity index (χ0v) is 13.6. The van der Waals surface area contributed by atoms with Crippen LogP contribution < -0.4 is 4.72 Å². The first-order valence-corrected chi connectivity index (χ1v) is 8.17. The molecule has 1 fully saturated rings. The quantitative estimate of drug-likeness (QED) is 0.680. The van der Waals surface area contributed by atoms with Crippen molar-refractivity contribution in [3.63, 3.8) is 0 Å². The summed E-state index contributed by atoms with van der Waals surface area (Å²) in [6.07, 6.45) is 2.98. The van der Waals surface area contributed by atoms with Crippen molar-refractivity contribution in [1.29, 1.82) is 0 Å². The summed E-state index contributed by atoms with van der Waals surface area (Å²) in [4.78, 5) is 3.96. The summed E-state index contributed by atoms with van der Waals surface area (Å²) in [5.41, 5.74) is 0.690. The molecular formula is C13H18Cl2N2OS. The minimum absolute atomic E-state index is 0.283. The van der Waals surface area contributed by atoms with Crippen molar-refractivity contribution in [2.75, 3.05) is 0 Å². The van der Waals surface area contributed by atoms with E-state index in [0.29, 0.717) is 10.3 Å². The van der Waals surface area contributed by atoms with E-state index in [2.05, 4.69) is 9.71 Å². The Bertz CT molecular complexity index is 452. The van der Waals surface area contributed by atoms with Gasteiger partial charge in [-0.1, -0.05) is 23.2 Å². The maximum absolute atomic E-state index is 12.3. The number of halogens is 2. The third-order valence-electron chi connectivity index (χ3n) is 3.37. The lowest BCUT2D eigenvalue weighted by atomic mass is 9.73. The zero-order valence-electron chi connectivity index (χ0n) is 11.3. The number of nitrogens with one attached hydrogen (secondary N) is 1. The van der Waals surface area contributed by atoms with Gasteiger partial charge in [0.25, 0.3) is 0 Å². The van der Waals surface area contributed by atoms with Gasteiger partial charge in [-0.3, -0.25) is 0 Å². The van der Waals surface area contributed by atoms with E-state index in [0.717, 1.165) is 24.8 Å². The van der Waals surface area contributed by atoms with Crippen LogP contribution in [0, 0.1) is 0 Å². The monoisotopic (exact) mass is 320 g/mol. The number of nitrogens with zero attached hydrogens (tertiary/aromatic N) is 1. The van der Waals surface area contributed by atoms with Crippen molar-refractivity contribution in [1.82, 2.24) is 9.71 Å². The van der Waals surface area contributed by atoms with Crippen molar-refractivity contribution in [2.45, 2.75) is 50.3 Å². The molecule has 1 saturated carbocycles. The SMILES string of the molecule is CC(C)(C)[S+]([O-])NC1(c2cc(Cl)nc(Cl)c2)CCC1. The number of rotatable bonds is 3. The van der Waals surface area contributed by atoms with Gasteiger partial charge in [-0.25, -0.2) is 4.98 Å². The van der Waals surface area contributed by atoms with Crippen LogP contribution in [0.5, 0.6) is 0 Å². The summed E-state index contributed by atoms with van der Waals surface area (Å²) in [7, 11) is 0. The molecule has 0 bridgehead atoms. The van der Waals surface area contributed by atoms with Gasteiger partial charge >= 0.3 is 0 Å². The highest BCUT2D eigenvalue weighted by Crippen LogP contribution is 2.43. The molecule has 1 unspecified atom stereocenters. The predicted octanol–water partition coefficient (Wildman–Crippen LogP) is 3.82. The molecule has 0 saturated heterocycles. The number of hydrogen-bond donors (Lipinski definition) is 1. The van der Waals surface area contributed by atoms with Gasteiger partial charge in [0.1, 0.15) is 15.1 Å². The molecule has 1 aromatic heterocycles. The first-order valence-electron chi connectivity index (χ1n) is 6.26. The van der Waals surface area contributed by atoms with Crippen molar-refractivity contribution in [3.05, 3.63) is 28.0 Å². The zero-order chi connectivity index (χ0) is 14.3. The van der Waals surface area contributed by atoms with Gasteiger partial charge in [0.15, 0.2) is 0 Å². The van der Waals surface area contributed by atoms with Crippen molar-refractivity contribution in [3.8, 4) is 0 Å². The average molecular weight is 321 g/mol. The second-order valence-electron chi connectivity index (χ2n) is 5.92. The second-order valence-corrected chi connectivity index (χ2v) is 8.66. The molecule has 106 valence electrons. The van der Waals surface area contributed by atoms with Gasteiger partial charge in [0.2, 0.25) is 0 Å². The van der Waals surface area contributed by atoms with Crippen LogP contribution in [-0.2, 0) is 16.9 Å². The van der Waals surface area contributed by atoms with E-state index in [-0.39, 0.29) is 10.3 Å².